The fraction of sp³-hybridized carbons (Fsp3) is 0.391. The number of hydrogen-bond donors (Lipinski definition) is 2. The van der Waals surface area contributed by atoms with Crippen LogP contribution in [0.25, 0.3) is 10.2 Å². The van der Waals surface area contributed by atoms with Crippen molar-refractivity contribution in [3.8, 4) is 0 Å². The van der Waals surface area contributed by atoms with Gasteiger partial charge in [0.25, 0.3) is 11.8 Å². The highest BCUT2D eigenvalue weighted by atomic mass is 35.5. The molecule has 5 rings (SSSR count). The van der Waals surface area contributed by atoms with Gasteiger partial charge in [0.2, 0.25) is 0 Å². The van der Waals surface area contributed by atoms with Gasteiger partial charge in [0.05, 0.1) is 33.9 Å². The van der Waals surface area contributed by atoms with E-state index in [1.807, 2.05) is 24.3 Å². The summed E-state index contributed by atoms with van der Waals surface area (Å²) in [4.78, 5) is 31.1. The van der Waals surface area contributed by atoms with Crippen LogP contribution in [0.4, 0.5) is 0 Å². The Hall–Kier alpha value is -2.10. The summed E-state index contributed by atoms with van der Waals surface area (Å²) in [6.07, 6.45) is -0.0736. The van der Waals surface area contributed by atoms with Crippen molar-refractivity contribution in [3.63, 3.8) is 0 Å². The number of ether oxygens (including phenoxy) is 2. The molecule has 1 saturated heterocycles. The van der Waals surface area contributed by atoms with Crippen LogP contribution >= 0.6 is 34.5 Å². The Morgan fingerprint density at radius 3 is 2.73 bits per heavy atom. The molecule has 0 bridgehead atoms. The molecule has 2 N–H and O–H groups in total. The van der Waals surface area contributed by atoms with Crippen LogP contribution in [-0.4, -0.2) is 53.3 Å². The molecule has 1 aromatic carbocycles. The zero-order chi connectivity index (χ0) is 23.5. The van der Waals surface area contributed by atoms with Crippen LogP contribution < -0.4 is 5.32 Å². The summed E-state index contributed by atoms with van der Waals surface area (Å²) in [7, 11) is 1.75. The number of carbonyl (C=O) groups excluding carboxylic acids is 2. The van der Waals surface area contributed by atoms with E-state index in [-0.39, 0.29) is 30.5 Å². The molecule has 3 heterocycles. The van der Waals surface area contributed by atoms with Gasteiger partial charge in [-0.05, 0) is 37.5 Å². The highest BCUT2D eigenvalue weighted by Crippen LogP contribution is 2.40. The van der Waals surface area contributed by atoms with E-state index in [2.05, 4.69) is 10.3 Å². The number of rotatable bonds is 4. The van der Waals surface area contributed by atoms with Crippen molar-refractivity contribution in [2.45, 2.75) is 44.2 Å². The molecule has 0 saturated carbocycles. The summed E-state index contributed by atoms with van der Waals surface area (Å²) in [5, 5.41) is 3.52. The third kappa shape index (κ3) is 4.04. The van der Waals surface area contributed by atoms with Crippen molar-refractivity contribution >= 4 is 56.6 Å². The van der Waals surface area contributed by atoms with Crippen LogP contribution in [0.3, 0.4) is 0 Å². The topological polar surface area (TPSA) is 83.7 Å². The molecule has 2 amide bonds. The van der Waals surface area contributed by atoms with Crippen LogP contribution in [-0.2, 0) is 20.7 Å². The maximum atomic E-state index is 13.3. The number of carbonyl (C=O) groups is 2. The van der Waals surface area contributed by atoms with Crippen LogP contribution in [0.1, 0.15) is 41.5 Å². The molecule has 1 aliphatic heterocycles. The predicted octanol–water partition coefficient (Wildman–Crippen LogP) is 4.54. The number of aromatic amines is 1. The van der Waals surface area contributed by atoms with Crippen LogP contribution in [0.5, 0.6) is 0 Å². The van der Waals surface area contributed by atoms with Crippen molar-refractivity contribution in [1.82, 2.24) is 15.2 Å². The Bertz CT molecular complexity index is 1250. The number of thiophene rings is 1. The number of likely N-dealkylation sites (N-methyl/N-ethyl adjacent to an activating group) is 1. The summed E-state index contributed by atoms with van der Waals surface area (Å²) in [5.41, 5.74) is 3.15. The number of nitrogens with one attached hydrogen (secondary N) is 2. The Morgan fingerprint density at radius 1 is 1.27 bits per heavy atom. The standard InChI is InChI=1S/C23H23Cl2N3O4S/c1-23(2)31-10-15(32-23)22(30)28(3)19-12-7-5-4-6-11(12)8-13(19)27-21(29)14-9-16-18(26-14)17(24)20(25)33-16/h4-7,9,13,15,19,26H,8,10H2,1-3H3,(H,27,29)/t13-,15-,19-/m1/s1. The van der Waals surface area contributed by atoms with Gasteiger partial charge in [-0.15, -0.1) is 11.3 Å². The van der Waals surface area contributed by atoms with Gasteiger partial charge in [0.1, 0.15) is 10.0 Å². The fourth-order valence-electron chi connectivity index (χ4n) is 4.64. The Morgan fingerprint density at radius 2 is 2.03 bits per heavy atom. The van der Waals surface area contributed by atoms with Crippen molar-refractivity contribution in [1.29, 1.82) is 0 Å². The summed E-state index contributed by atoms with van der Waals surface area (Å²) < 4.78 is 12.7. The van der Waals surface area contributed by atoms with E-state index in [4.69, 9.17) is 32.7 Å². The number of H-pyrrole nitrogens is 1. The maximum Gasteiger partial charge on any atom is 0.268 e. The number of aromatic nitrogens is 1. The average Bonchev–Trinajstić information content (AvgIpc) is 3.50. The second kappa shape index (κ2) is 8.29. The third-order valence-electron chi connectivity index (χ3n) is 6.18. The van der Waals surface area contributed by atoms with Gasteiger partial charge < -0.3 is 24.7 Å². The highest BCUT2D eigenvalue weighted by molar-refractivity contribution is 7.23. The van der Waals surface area contributed by atoms with Crippen LogP contribution in [0.15, 0.2) is 30.3 Å². The lowest BCUT2D eigenvalue weighted by atomic mass is 10.0. The molecular weight excluding hydrogens is 485 g/mol. The van der Waals surface area contributed by atoms with E-state index in [0.717, 1.165) is 15.8 Å². The number of hydrogen-bond acceptors (Lipinski definition) is 5. The molecule has 7 nitrogen and oxygen atoms in total. The lowest BCUT2D eigenvalue weighted by Gasteiger charge is -2.32. The maximum absolute atomic E-state index is 13.3. The van der Waals surface area contributed by atoms with Gasteiger partial charge in [-0.25, -0.2) is 0 Å². The monoisotopic (exact) mass is 507 g/mol. The van der Waals surface area contributed by atoms with Gasteiger partial charge in [-0.3, -0.25) is 9.59 Å². The van der Waals surface area contributed by atoms with E-state index in [1.165, 1.54) is 11.3 Å². The average molecular weight is 508 g/mol. The smallest absolute Gasteiger partial charge is 0.268 e. The van der Waals surface area contributed by atoms with Crippen molar-refractivity contribution in [2.75, 3.05) is 13.7 Å². The van der Waals surface area contributed by atoms with E-state index in [9.17, 15) is 9.59 Å². The zero-order valence-electron chi connectivity index (χ0n) is 18.3. The molecule has 10 heteroatoms. The molecular formula is C23H23Cl2N3O4S. The number of nitrogens with zero attached hydrogens (tertiary/aromatic N) is 1. The Kier molecular flexibility index (Phi) is 5.69. The number of benzene rings is 1. The molecule has 174 valence electrons. The van der Waals surface area contributed by atoms with Crippen molar-refractivity contribution in [3.05, 3.63) is 56.5 Å². The summed E-state index contributed by atoms with van der Waals surface area (Å²) in [5.74, 6) is -1.24. The van der Waals surface area contributed by atoms with Gasteiger partial charge in [-0.2, -0.15) is 0 Å². The van der Waals surface area contributed by atoms with Gasteiger partial charge in [0, 0.05) is 7.05 Å². The van der Waals surface area contributed by atoms with E-state index >= 15 is 0 Å². The first-order valence-electron chi connectivity index (χ1n) is 10.6. The number of halogens is 2. The Balaban J connectivity index is 1.39. The van der Waals surface area contributed by atoms with Gasteiger partial charge in [-0.1, -0.05) is 47.5 Å². The van der Waals surface area contributed by atoms with E-state index < -0.39 is 11.9 Å². The molecule has 3 atom stereocenters. The van der Waals surface area contributed by atoms with Gasteiger partial charge >= 0.3 is 0 Å². The molecule has 1 fully saturated rings. The SMILES string of the molecule is CN(C(=O)[C@H]1COC(C)(C)O1)[C@@H]1c2ccccc2C[C@H]1NC(=O)c1cc2sc(Cl)c(Cl)c2[nH]1. The van der Waals surface area contributed by atoms with E-state index in [0.29, 0.717) is 27.0 Å². The molecule has 33 heavy (non-hydrogen) atoms. The molecule has 0 spiro atoms. The quantitative estimate of drug-likeness (QED) is 0.542. The summed E-state index contributed by atoms with van der Waals surface area (Å²) in [6.45, 7) is 3.77. The number of amides is 2. The van der Waals surface area contributed by atoms with Gasteiger partial charge in [0.15, 0.2) is 11.9 Å². The molecule has 3 aromatic rings. The first kappa shape index (κ1) is 22.7. The largest absolute Gasteiger partial charge is 0.349 e. The highest BCUT2D eigenvalue weighted by Gasteiger charge is 2.43. The van der Waals surface area contributed by atoms with Crippen LogP contribution in [0, 0.1) is 0 Å². The lowest BCUT2D eigenvalue weighted by Crippen LogP contribution is -2.48. The molecule has 0 unspecified atom stereocenters. The predicted molar refractivity (Wildman–Crippen MR) is 128 cm³/mol. The third-order valence-corrected chi connectivity index (χ3v) is 8.11. The second-order valence-corrected chi connectivity index (χ2v) is 10.8. The molecule has 1 aliphatic carbocycles. The first-order valence-corrected chi connectivity index (χ1v) is 12.2. The molecule has 0 radical (unpaired) electrons. The normalized spacial score (nSPS) is 23.6. The van der Waals surface area contributed by atoms with Crippen molar-refractivity contribution in [2.24, 2.45) is 0 Å². The molecule has 2 aliphatic rings. The minimum atomic E-state index is -0.799. The fourth-order valence-corrected chi connectivity index (χ4v) is 6.12. The lowest BCUT2D eigenvalue weighted by molar-refractivity contribution is -0.161. The summed E-state index contributed by atoms with van der Waals surface area (Å²) in [6, 6.07) is 9.03. The first-order chi connectivity index (χ1) is 15.6. The second-order valence-electron chi connectivity index (χ2n) is 8.81. The van der Waals surface area contributed by atoms with Crippen molar-refractivity contribution < 1.29 is 19.1 Å². The van der Waals surface area contributed by atoms with Crippen LogP contribution in [0.2, 0.25) is 9.36 Å². The molecule has 2 aromatic heterocycles. The minimum absolute atomic E-state index is 0.177. The number of fused-ring (bicyclic) bond motifs is 2. The summed E-state index contributed by atoms with van der Waals surface area (Å²) >= 11 is 13.6. The minimum Gasteiger partial charge on any atom is -0.349 e. The Labute approximate surface area is 204 Å². The zero-order valence-corrected chi connectivity index (χ0v) is 20.6. The van der Waals surface area contributed by atoms with E-state index in [1.54, 1.807) is 31.9 Å².